The van der Waals surface area contributed by atoms with Crippen LogP contribution in [-0.4, -0.2) is 17.4 Å². The zero-order chi connectivity index (χ0) is 12.1. The first-order valence-corrected chi connectivity index (χ1v) is 6.84. The molecule has 0 saturated heterocycles. The summed E-state index contributed by atoms with van der Waals surface area (Å²) in [6, 6.07) is 5.73. The van der Waals surface area contributed by atoms with Gasteiger partial charge in [-0.05, 0) is 46.1 Å². The Kier molecular flexibility index (Phi) is 4.28. The van der Waals surface area contributed by atoms with Crippen molar-refractivity contribution >= 4 is 33.2 Å². The first kappa shape index (κ1) is 12.3. The van der Waals surface area contributed by atoms with Gasteiger partial charge in [0.05, 0.1) is 9.35 Å². The van der Waals surface area contributed by atoms with E-state index in [4.69, 9.17) is 0 Å². The lowest BCUT2D eigenvalue weighted by molar-refractivity contribution is 0.0954. The van der Waals surface area contributed by atoms with Crippen LogP contribution in [0.5, 0.6) is 0 Å². The second kappa shape index (κ2) is 5.93. The van der Waals surface area contributed by atoms with Crippen molar-refractivity contribution in [1.29, 1.82) is 0 Å². The lowest BCUT2D eigenvalue weighted by atomic mass is 10.2. The third-order valence-corrected chi connectivity index (χ3v) is 3.78. The van der Waals surface area contributed by atoms with Gasteiger partial charge >= 0.3 is 0 Å². The minimum atomic E-state index is -0.0268. The molecule has 3 nitrogen and oxygen atoms in total. The lowest BCUT2D eigenvalue weighted by Gasteiger charge is -2.03. The van der Waals surface area contributed by atoms with Crippen molar-refractivity contribution in [3.05, 3.63) is 50.9 Å². The second-order valence-corrected chi connectivity index (χ2v) is 5.79. The first-order valence-electron chi connectivity index (χ1n) is 5.17. The highest BCUT2D eigenvalue weighted by atomic mass is 79.9. The predicted molar refractivity (Wildman–Crippen MR) is 72.3 cm³/mol. The van der Waals surface area contributed by atoms with Crippen LogP contribution in [0.2, 0.25) is 0 Å². The molecule has 88 valence electrons. The van der Waals surface area contributed by atoms with E-state index in [9.17, 15) is 4.79 Å². The molecule has 0 spiro atoms. The second-order valence-electron chi connectivity index (χ2n) is 3.50. The van der Waals surface area contributed by atoms with E-state index < -0.39 is 0 Å². The summed E-state index contributed by atoms with van der Waals surface area (Å²) in [5, 5.41) is 4.73. The van der Waals surface area contributed by atoms with Crippen LogP contribution in [0.25, 0.3) is 0 Å². The predicted octanol–water partition coefficient (Wildman–Crippen LogP) is 2.88. The average molecular weight is 311 g/mol. The number of hydrogen-bond donors (Lipinski definition) is 1. The quantitative estimate of drug-likeness (QED) is 0.943. The fourth-order valence-electron chi connectivity index (χ4n) is 1.40. The Labute approximate surface area is 112 Å². The number of pyridine rings is 1. The number of aromatic nitrogens is 1. The summed E-state index contributed by atoms with van der Waals surface area (Å²) in [5.41, 5.74) is 1.88. The van der Waals surface area contributed by atoms with E-state index in [0.29, 0.717) is 12.1 Å². The summed E-state index contributed by atoms with van der Waals surface area (Å²) in [7, 11) is 0. The molecule has 2 heterocycles. The minimum Gasteiger partial charge on any atom is -0.352 e. The Hall–Kier alpha value is -1.20. The van der Waals surface area contributed by atoms with Crippen molar-refractivity contribution < 1.29 is 4.79 Å². The largest absolute Gasteiger partial charge is 0.352 e. The molecule has 1 N–H and O–H groups in total. The molecule has 2 aromatic heterocycles. The molecule has 0 bridgehead atoms. The van der Waals surface area contributed by atoms with Gasteiger partial charge in [-0.2, -0.15) is 0 Å². The minimum absolute atomic E-state index is 0.0268. The number of nitrogens with one attached hydrogen (secondary N) is 1. The summed E-state index contributed by atoms with van der Waals surface area (Å²) in [5.74, 6) is -0.0268. The highest BCUT2D eigenvalue weighted by Crippen LogP contribution is 2.20. The van der Waals surface area contributed by atoms with Crippen LogP contribution >= 0.6 is 27.3 Å². The molecule has 0 radical (unpaired) electrons. The molecule has 0 aromatic carbocycles. The standard InChI is InChI=1S/C12H11BrN2OS/c13-11-7-10(8-17-11)12(16)15-6-3-9-1-4-14-5-2-9/h1-2,4-5,7-8H,3,6H2,(H,15,16). The van der Waals surface area contributed by atoms with Crippen LogP contribution in [0.1, 0.15) is 15.9 Å². The topological polar surface area (TPSA) is 42.0 Å². The summed E-state index contributed by atoms with van der Waals surface area (Å²) in [6.07, 6.45) is 4.33. The van der Waals surface area contributed by atoms with Crippen molar-refractivity contribution in [2.45, 2.75) is 6.42 Å². The van der Waals surface area contributed by atoms with Gasteiger partial charge in [0.1, 0.15) is 0 Å². The SMILES string of the molecule is O=C(NCCc1ccncc1)c1csc(Br)c1. The maximum absolute atomic E-state index is 11.7. The molecule has 0 unspecified atom stereocenters. The van der Waals surface area contributed by atoms with E-state index in [0.717, 1.165) is 10.2 Å². The zero-order valence-corrected chi connectivity index (χ0v) is 11.4. The average Bonchev–Trinajstić information content (AvgIpc) is 2.77. The maximum atomic E-state index is 11.7. The molecule has 0 aliphatic rings. The summed E-state index contributed by atoms with van der Waals surface area (Å²) < 4.78 is 0.969. The number of carbonyl (C=O) groups is 1. The van der Waals surface area contributed by atoms with Crippen LogP contribution in [0.15, 0.2) is 39.8 Å². The van der Waals surface area contributed by atoms with Gasteiger partial charge in [-0.15, -0.1) is 11.3 Å². The van der Waals surface area contributed by atoms with Gasteiger partial charge in [0.2, 0.25) is 0 Å². The van der Waals surface area contributed by atoms with Gasteiger partial charge in [-0.25, -0.2) is 0 Å². The highest BCUT2D eigenvalue weighted by Gasteiger charge is 2.06. The Morgan fingerprint density at radius 1 is 1.41 bits per heavy atom. The zero-order valence-electron chi connectivity index (χ0n) is 9.02. The van der Waals surface area contributed by atoms with E-state index in [1.807, 2.05) is 23.6 Å². The summed E-state index contributed by atoms with van der Waals surface area (Å²) in [6.45, 7) is 0.635. The van der Waals surface area contributed by atoms with Crippen LogP contribution in [0, 0.1) is 0 Å². The molecule has 0 fully saturated rings. The van der Waals surface area contributed by atoms with Crippen molar-refractivity contribution in [1.82, 2.24) is 10.3 Å². The highest BCUT2D eigenvalue weighted by molar-refractivity contribution is 9.11. The molecular formula is C12H11BrN2OS. The molecule has 2 aromatic rings. The molecule has 0 atom stereocenters. The third kappa shape index (κ3) is 3.64. The van der Waals surface area contributed by atoms with E-state index >= 15 is 0 Å². The van der Waals surface area contributed by atoms with E-state index in [2.05, 4.69) is 26.2 Å². The molecule has 0 saturated carbocycles. The van der Waals surface area contributed by atoms with Gasteiger partial charge in [-0.3, -0.25) is 9.78 Å². The van der Waals surface area contributed by atoms with Gasteiger partial charge in [-0.1, -0.05) is 0 Å². The van der Waals surface area contributed by atoms with Crippen LogP contribution in [-0.2, 0) is 6.42 Å². The normalized spacial score (nSPS) is 10.2. The number of halogens is 1. The van der Waals surface area contributed by atoms with Gasteiger partial charge < -0.3 is 5.32 Å². The van der Waals surface area contributed by atoms with E-state index in [1.165, 1.54) is 16.9 Å². The lowest BCUT2D eigenvalue weighted by Crippen LogP contribution is -2.25. The summed E-state index contributed by atoms with van der Waals surface area (Å²) in [4.78, 5) is 15.7. The van der Waals surface area contributed by atoms with E-state index in [-0.39, 0.29) is 5.91 Å². The summed E-state index contributed by atoms with van der Waals surface area (Å²) >= 11 is 4.85. The van der Waals surface area contributed by atoms with Crippen LogP contribution in [0.4, 0.5) is 0 Å². The Morgan fingerprint density at radius 2 is 2.18 bits per heavy atom. The molecule has 0 aliphatic heterocycles. The molecule has 0 aliphatic carbocycles. The maximum Gasteiger partial charge on any atom is 0.252 e. The molecule has 17 heavy (non-hydrogen) atoms. The number of amides is 1. The monoisotopic (exact) mass is 310 g/mol. The van der Waals surface area contributed by atoms with Gasteiger partial charge in [0.25, 0.3) is 5.91 Å². The Balaban J connectivity index is 1.81. The van der Waals surface area contributed by atoms with Crippen molar-refractivity contribution in [2.75, 3.05) is 6.54 Å². The van der Waals surface area contributed by atoms with E-state index in [1.54, 1.807) is 12.4 Å². The van der Waals surface area contributed by atoms with Gasteiger partial charge in [0.15, 0.2) is 0 Å². The Morgan fingerprint density at radius 3 is 2.82 bits per heavy atom. The first-order chi connectivity index (χ1) is 8.25. The smallest absolute Gasteiger partial charge is 0.252 e. The fourth-order valence-corrected chi connectivity index (χ4v) is 2.54. The number of nitrogens with zero attached hydrogens (tertiary/aromatic N) is 1. The van der Waals surface area contributed by atoms with Crippen molar-refractivity contribution in [3.8, 4) is 0 Å². The number of hydrogen-bond acceptors (Lipinski definition) is 3. The van der Waals surface area contributed by atoms with Crippen LogP contribution in [0.3, 0.4) is 0 Å². The molecule has 1 amide bonds. The van der Waals surface area contributed by atoms with Crippen LogP contribution < -0.4 is 5.32 Å². The Bertz CT molecular complexity index is 498. The number of rotatable bonds is 4. The number of carbonyl (C=O) groups excluding carboxylic acids is 1. The van der Waals surface area contributed by atoms with Crippen molar-refractivity contribution in [2.24, 2.45) is 0 Å². The molecular weight excluding hydrogens is 300 g/mol. The van der Waals surface area contributed by atoms with Crippen molar-refractivity contribution in [3.63, 3.8) is 0 Å². The number of thiophene rings is 1. The third-order valence-electron chi connectivity index (χ3n) is 2.28. The molecule has 5 heteroatoms. The fraction of sp³-hybridized carbons (Fsp3) is 0.167. The molecule has 2 rings (SSSR count). The van der Waals surface area contributed by atoms with Gasteiger partial charge in [0, 0.05) is 24.3 Å².